The SMILES string of the molecule is c1ccc(-c2cccc(-n3c4ccccc4c4ccc5c6ccccc6n(-c6nc(-c7ccc8c(c7)oc7ccccc78)nc(-c7cccc8c7oc7ccccc78)n6)c5c43)c2)cc1. The zero-order chi connectivity index (χ0) is 41.9. The number of rotatable bonds is 5. The quantitative estimate of drug-likeness (QED) is 0.173. The number of hydrogen-bond donors (Lipinski definition) is 0. The molecule has 14 aromatic rings. The lowest BCUT2D eigenvalue weighted by Gasteiger charge is -2.14. The maximum Gasteiger partial charge on any atom is 0.238 e. The number of furan rings is 2. The van der Waals surface area contributed by atoms with E-state index in [-0.39, 0.29) is 0 Å². The standard InChI is InChI=1S/C57H33N5O2/c1-2-14-34(15-3-1)35-16-12-17-37(32-35)61-47-24-8-4-18-38(47)43-30-31-44-39-19-5-9-25-48(39)62(53(44)52(43)61)57-59-55(36-28-29-42-40-20-6-10-26-49(40)63-51(42)33-36)58-56(60-57)46-23-13-22-45-41-21-7-11-27-50(41)64-54(45)46/h1-33H. The van der Waals surface area contributed by atoms with Gasteiger partial charge >= 0.3 is 0 Å². The average molecular weight is 820 g/mol. The third-order valence-corrected chi connectivity index (χ3v) is 12.8. The molecule has 0 aliphatic rings. The molecule has 5 aromatic heterocycles. The summed E-state index contributed by atoms with van der Waals surface area (Å²) in [4.78, 5) is 16.2. The van der Waals surface area contributed by atoms with Crippen molar-refractivity contribution in [3.05, 3.63) is 200 Å². The molecule has 0 aliphatic heterocycles. The molecule has 0 spiro atoms. The lowest BCUT2D eigenvalue weighted by molar-refractivity contribution is 0.668. The maximum absolute atomic E-state index is 6.62. The molecule has 0 saturated carbocycles. The van der Waals surface area contributed by atoms with E-state index in [1.54, 1.807) is 0 Å². The predicted octanol–water partition coefficient (Wildman–Crippen LogP) is 14.9. The van der Waals surface area contributed by atoms with E-state index in [0.29, 0.717) is 17.6 Å². The highest BCUT2D eigenvalue weighted by molar-refractivity contribution is 6.24. The topological polar surface area (TPSA) is 74.8 Å². The Hall–Kier alpha value is -8.81. The molecule has 9 aromatic carbocycles. The molecule has 0 amide bonds. The molecule has 0 aliphatic carbocycles. The van der Waals surface area contributed by atoms with Crippen molar-refractivity contribution < 1.29 is 8.83 Å². The zero-order valence-corrected chi connectivity index (χ0v) is 34.1. The average Bonchev–Trinajstić information content (AvgIpc) is 4.12. The monoisotopic (exact) mass is 819 g/mol. The maximum atomic E-state index is 6.62. The van der Waals surface area contributed by atoms with E-state index < -0.39 is 0 Å². The first kappa shape index (κ1) is 34.9. The summed E-state index contributed by atoms with van der Waals surface area (Å²) in [7, 11) is 0. The van der Waals surface area contributed by atoms with Crippen LogP contribution in [0.25, 0.3) is 133 Å². The number of nitrogens with zero attached hydrogens (tertiary/aromatic N) is 5. The molecule has 14 rings (SSSR count). The van der Waals surface area contributed by atoms with Crippen LogP contribution in [0.4, 0.5) is 0 Å². The van der Waals surface area contributed by atoms with Gasteiger partial charge in [0.25, 0.3) is 0 Å². The van der Waals surface area contributed by atoms with Crippen molar-refractivity contribution in [1.29, 1.82) is 0 Å². The van der Waals surface area contributed by atoms with Crippen LogP contribution >= 0.6 is 0 Å². The fraction of sp³-hybridized carbons (Fsp3) is 0. The van der Waals surface area contributed by atoms with Gasteiger partial charge in [0.2, 0.25) is 5.95 Å². The van der Waals surface area contributed by atoms with Gasteiger partial charge in [-0.1, -0.05) is 146 Å². The van der Waals surface area contributed by atoms with Crippen molar-refractivity contribution in [3.8, 4) is 45.5 Å². The fourth-order valence-corrected chi connectivity index (χ4v) is 9.93. The van der Waals surface area contributed by atoms with Gasteiger partial charge in [-0.25, -0.2) is 4.98 Å². The smallest absolute Gasteiger partial charge is 0.238 e. The third-order valence-electron chi connectivity index (χ3n) is 12.8. The van der Waals surface area contributed by atoms with Gasteiger partial charge in [0, 0.05) is 54.3 Å². The van der Waals surface area contributed by atoms with Gasteiger partial charge in [-0.05, 0) is 65.7 Å². The Labute approximate surface area is 364 Å². The van der Waals surface area contributed by atoms with E-state index in [2.05, 4.69) is 161 Å². The van der Waals surface area contributed by atoms with Crippen LogP contribution < -0.4 is 0 Å². The molecule has 0 atom stereocenters. The Morgan fingerprint density at radius 1 is 0.328 bits per heavy atom. The van der Waals surface area contributed by atoms with Crippen LogP contribution in [0.5, 0.6) is 0 Å². The number of benzene rings is 9. The highest BCUT2D eigenvalue weighted by Gasteiger charge is 2.25. The van der Waals surface area contributed by atoms with Crippen molar-refractivity contribution in [2.45, 2.75) is 0 Å². The van der Waals surface area contributed by atoms with E-state index in [9.17, 15) is 0 Å². The Bertz CT molecular complexity index is 4210. The minimum atomic E-state index is 0.492. The predicted molar refractivity (Wildman–Crippen MR) is 259 cm³/mol. The Morgan fingerprint density at radius 2 is 0.891 bits per heavy atom. The molecule has 64 heavy (non-hydrogen) atoms. The largest absolute Gasteiger partial charge is 0.456 e. The molecular weight excluding hydrogens is 787 g/mol. The van der Waals surface area contributed by atoms with E-state index in [1.807, 2.05) is 48.5 Å². The number of fused-ring (bicyclic) bond motifs is 13. The normalized spacial score (nSPS) is 12.1. The van der Waals surface area contributed by atoms with E-state index in [1.165, 1.54) is 0 Å². The number of aromatic nitrogens is 5. The highest BCUT2D eigenvalue weighted by atomic mass is 16.3. The van der Waals surface area contributed by atoms with E-state index >= 15 is 0 Å². The van der Waals surface area contributed by atoms with Gasteiger partial charge in [0.15, 0.2) is 11.6 Å². The zero-order valence-electron chi connectivity index (χ0n) is 34.1. The van der Waals surface area contributed by atoms with Crippen LogP contribution in [0.2, 0.25) is 0 Å². The van der Waals surface area contributed by atoms with Crippen LogP contribution in [0, 0.1) is 0 Å². The Kier molecular flexibility index (Phi) is 7.27. The molecule has 0 unspecified atom stereocenters. The summed E-state index contributed by atoms with van der Waals surface area (Å²) in [5.41, 5.74) is 12.2. The van der Waals surface area contributed by atoms with Crippen molar-refractivity contribution >= 4 is 87.5 Å². The molecule has 0 saturated heterocycles. The van der Waals surface area contributed by atoms with Crippen molar-refractivity contribution in [1.82, 2.24) is 24.1 Å². The van der Waals surface area contributed by atoms with Crippen LogP contribution in [0.3, 0.4) is 0 Å². The first-order chi connectivity index (χ1) is 31.7. The van der Waals surface area contributed by atoms with Gasteiger partial charge in [0.05, 0.1) is 27.6 Å². The van der Waals surface area contributed by atoms with Crippen molar-refractivity contribution in [3.63, 3.8) is 0 Å². The number of hydrogen-bond acceptors (Lipinski definition) is 5. The van der Waals surface area contributed by atoms with Gasteiger partial charge in [-0.15, -0.1) is 0 Å². The molecule has 0 bridgehead atoms. The van der Waals surface area contributed by atoms with Gasteiger partial charge < -0.3 is 13.4 Å². The summed E-state index contributed by atoms with van der Waals surface area (Å²) in [5, 5.41) is 8.63. The summed E-state index contributed by atoms with van der Waals surface area (Å²) in [5.74, 6) is 1.51. The van der Waals surface area contributed by atoms with Gasteiger partial charge in [0.1, 0.15) is 22.3 Å². The summed E-state index contributed by atoms with van der Waals surface area (Å²) in [6.07, 6.45) is 0. The van der Waals surface area contributed by atoms with Crippen LogP contribution in [0.15, 0.2) is 209 Å². The summed E-state index contributed by atoms with van der Waals surface area (Å²) in [6, 6.07) is 69.8. The van der Waals surface area contributed by atoms with Crippen LogP contribution in [-0.4, -0.2) is 24.1 Å². The second kappa shape index (κ2) is 13.3. The summed E-state index contributed by atoms with van der Waals surface area (Å²) in [6.45, 7) is 0. The minimum absolute atomic E-state index is 0.492. The van der Waals surface area contributed by atoms with E-state index in [4.69, 9.17) is 23.8 Å². The van der Waals surface area contributed by atoms with Crippen LogP contribution in [-0.2, 0) is 0 Å². The first-order valence-corrected chi connectivity index (χ1v) is 21.4. The molecule has 0 radical (unpaired) electrons. The molecule has 7 heteroatoms. The molecule has 0 N–H and O–H groups in total. The first-order valence-electron chi connectivity index (χ1n) is 21.4. The Balaban J connectivity index is 1.10. The molecule has 298 valence electrons. The van der Waals surface area contributed by atoms with Gasteiger partial charge in [-0.3, -0.25) is 4.57 Å². The minimum Gasteiger partial charge on any atom is -0.456 e. The molecular formula is C57H33N5O2. The number of para-hydroxylation sites is 5. The summed E-state index contributed by atoms with van der Waals surface area (Å²) < 4.78 is 17.7. The second-order valence-electron chi connectivity index (χ2n) is 16.4. The third kappa shape index (κ3) is 5.06. The lowest BCUT2D eigenvalue weighted by atomic mass is 10.1. The van der Waals surface area contributed by atoms with E-state index in [0.717, 1.165) is 115 Å². The molecule has 0 fully saturated rings. The fourth-order valence-electron chi connectivity index (χ4n) is 9.93. The highest BCUT2D eigenvalue weighted by Crippen LogP contribution is 2.43. The van der Waals surface area contributed by atoms with Crippen molar-refractivity contribution in [2.75, 3.05) is 0 Å². The molecule has 5 heterocycles. The van der Waals surface area contributed by atoms with Gasteiger partial charge in [-0.2, -0.15) is 9.97 Å². The summed E-state index contributed by atoms with van der Waals surface area (Å²) >= 11 is 0. The molecule has 7 nitrogen and oxygen atoms in total. The van der Waals surface area contributed by atoms with Crippen molar-refractivity contribution in [2.24, 2.45) is 0 Å². The van der Waals surface area contributed by atoms with Crippen LogP contribution in [0.1, 0.15) is 0 Å². The Morgan fingerprint density at radius 3 is 1.67 bits per heavy atom. The lowest BCUT2D eigenvalue weighted by Crippen LogP contribution is -2.07. The second-order valence-corrected chi connectivity index (χ2v) is 16.4.